The molecule has 2 N–H and O–H groups in total. The molecule has 0 spiro atoms. The smallest absolute Gasteiger partial charge is 0.285 e. The maximum atomic E-state index is 12.5. The molecule has 0 aromatic carbocycles. The van der Waals surface area contributed by atoms with Crippen molar-refractivity contribution in [3.05, 3.63) is 16.3 Å². The highest BCUT2D eigenvalue weighted by Gasteiger charge is 2.30. The van der Waals surface area contributed by atoms with E-state index in [2.05, 4.69) is 31.9 Å². The summed E-state index contributed by atoms with van der Waals surface area (Å²) in [5, 5.41) is 7.37. The third-order valence-electron chi connectivity index (χ3n) is 2.99. The Morgan fingerprint density at radius 1 is 1.48 bits per heavy atom. The molecule has 2 rings (SSSR count). The number of hydrogen-bond acceptors (Lipinski definition) is 5. The Kier molecular flexibility index (Phi) is 3.45. The first-order valence-corrected chi connectivity index (χ1v) is 8.34. The predicted molar refractivity (Wildman–Crippen MR) is 77.2 cm³/mol. The van der Waals surface area contributed by atoms with Crippen molar-refractivity contribution in [1.82, 2.24) is 29.1 Å². The van der Waals surface area contributed by atoms with Crippen LogP contribution < -0.4 is 10.4 Å². The zero-order valence-corrected chi connectivity index (χ0v) is 12.9. The molecule has 114 valence electrons. The van der Waals surface area contributed by atoms with Crippen molar-refractivity contribution < 1.29 is 8.76 Å². The van der Waals surface area contributed by atoms with Gasteiger partial charge in [0.15, 0.2) is 0 Å². The molecule has 0 atom stereocenters. The van der Waals surface area contributed by atoms with Crippen LogP contribution in [0.2, 0.25) is 0 Å². The number of aromatic nitrogens is 5. The zero-order chi connectivity index (χ0) is 15.9. The lowest BCUT2D eigenvalue weighted by Crippen LogP contribution is -2.44. The van der Waals surface area contributed by atoms with Crippen LogP contribution in [0, 0.1) is 18.8 Å². The fourth-order valence-electron chi connectivity index (χ4n) is 1.73. The standard InChI is InChI=1S/C11H16N6O3S/c1-5-6-7-16-11(18)17-8(2)13-10(9(17)14-15-16)21(4,19,20)12-3/h7H2,1-4H3,(H2,12,19,20). The van der Waals surface area contributed by atoms with Gasteiger partial charge in [0.1, 0.15) is 12.4 Å². The molecule has 9 nitrogen and oxygen atoms in total. The average molecular weight is 312 g/mol. The number of rotatable bonds is 3. The Morgan fingerprint density at radius 3 is 2.71 bits per heavy atom. The molecule has 0 aliphatic rings. The lowest BCUT2D eigenvalue weighted by atomic mass is 10.6. The van der Waals surface area contributed by atoms with Crippen molar-refractivity contribution in [2.75, 3.05) is 13.3 Å². The summed E-state index contributed by atoms with van der Waals surface area (Å²) in [5.41, 5.74) is -0.562. The third-order valence-corrected chi connectivity index (χ3v) is 5.14. The Bertz CT molecular complexity index is 894. The van der Waals surface area contributed by atoms with Crippen molar-refractivity contribution >= 4 is 15.2 Å². The largest absolute Gasteiger partial charge is 0.354 e. The summed E-state index contributed by atoms with van der Waals surface area (Å²) in [7, 11) is -3.05. The number of fused-ring (bicyclic) bond motifs is 1. The van der Waals surface area contributed by atoms with Crippen LogP contribution in [0.25, 0.3) is 5.65 Å². The highest BCUT2D eigenvalue weighted by molar-refractivity contribution is 8.12. The normalized spacial score (nSPS) is 13.5. The molecule has 2 aromatic heterocycles. The summed E-state index contributed by atoms with van der Waals surface area (Å²) >= 11 is 0. The maximum Gasteiger partial charge on any atom is 0.354 e. The summed E-state index contributed by atoms with van der Waals surface area (Å²) in [6.45, 7) is 3.28. The Labute approximate surface area is 120 Å². The van der Waals surface area contributed by atoms with Crippen LogP contribution in [0.5, 0.6) is 0 Å². The van der Waals surface area contributed by atoms with Gasteiger partial charge in [0.05, 0.1) is 0 Å². The van der Waals surface area contributed by atoms with Crippen LogP contribution in [0.1, 0.15) is 12.7 Å². The van der Waals surface area contributed by atoms with Crippen LogP contribution in [-0.4, -0.2) is 46.4 Å². The number of nitrogens with one attached hydrogen (secondary N) is 1. The first kappa shape index (κ1) is 15.3. The van der Waals surface area contributed by atoms with Crippen LogP contribution in [-0.2, 0) is 16.1 Å². The molecule has 0 aliphatic carbocycles. The highest BCUT2D eigenvalue weighted by atomic mass is 32.3. The summed E-state index contributed by atoms with van der Waals surface area (Å²) in [6, 6.07) is 0. The molecular weight excluding hydrogens is 296 g/mol. The molecule has 0 saturated heterocycles. The molecule has 0 unspecified atom stereocenters. The molecule has 0 aliphatic heterocycles. The van der Waals surface area contributed by atoms with Crippen LogP contribution in [0.3, 0.4) is 0 Å². The number of imidazole rings is 1. The maximum absolute atomic E-state index is 12.5. The SMILES string of the molecule is CC#CCn1nnc2c(S(C)(=O)(O)NC)nc(C)n2c1=O. The molecule has 0 bridgehead atoms. The minimum Gasteiger partial charge on any atom is -0.285 e. The molecule has 21 heavy (non-hydrogen) atoms. The zero-order valence-electron chi connectivity index (χ0n) is 12.1. The van der Waals surface area contributed by atoms with Crippen molar-refractivity contribution in [3.63, 3.8) is 0 Å². The minimum absolute atomic E-state index is 0.0467. The fraction of sp³-hybridized carbons (Fsp3) is 0.455. The van der Waals surface area contributed by atoms with Gasteiger partial charge in [-0.05, 0) is 13.8 Å². The van der Waals surface area contributed by atoms with Gasteiger partial charge in [-0.25, -0.2) is 18.9 Å². The van der Waals surface area contributed by atoms with Crippen molar-refractivity contribution in [2.45, 2.75) is 25.4 Å². The van der Waals surface area contributed by atoms with E-state index in [1.807, 2.05) is 0 Å². The minimum atomic E-state index is -4.38. The predicted octanol–water partition coefficient (Wildman–Crippen LogP) is -0.966. The summed E-state index contributed by atoms with van der Waals surface area (Å²) in [5.74, 6) is 5.61. The molecule has 2 aromatic rings. The molecular formula is C11H16N6O3S. The Balaban J connectivity index is 2.82. The molecule has 10 heteroatoms. The second kappa shape index (κ2) is 4.73. The lowest BCUT2D eigenvalue weighted by Gasteiger charge is -2.35. The monoisotopic (exact) mass is 312 g/mol. The van der Waals surface area contributed by atoms with E-state index < -0.39 is 15.2 Å². The van der Waals surface area contributed by atoms with Crippen LogP contribution >= 0.6 is 0 Å². The van der Waals surface area contributed by atoms with Gasteiger partial charge in [-0.3, -0.25) is 4.55 Å². The third kappa shape index (κ3) is 2.46. The number of aryl methyl sites for hydroxylation is 1. The number of nitrogens with zero attached hydrogens (tertiary/aromatic N) is 5. The second-order valence-corrected chi connectivity index (χ2v) is 7.93. The van der Waals surface area contributed by atoms with Gasteiger partial charge in [-0.15, -0.1) is 11.0 Å². The quantitative estimate of drug-likeness (QED) is 0.705. The van der Waals surface area contributed by atoms with Gasteiger partial charge in [-0.1, -0.05) is 20.7 Å². The van der Waals surface area contributed by atoms with Gasteiger partial charge in [0.25, 0.3) is 0 Å². The van der Waals surface area contributed by atoms with Crippen molar-refractivity contribution in [3.8, 4) is 11.8 Å². The first-order valence-electron chi connectivity index (χ1n) is 6.00. The second-order valence-electron chi connectivity index (χ2n) is 4.57. The van der Waals surface area contributed by atoms with E-state index in [1.54, 1.807) is 13.8 Å². The van der Waals surface area contributed by atoms with E-state index in [-0.39, 0.29) is 23.0 Å². The molecule has 0 radical (unpaired) electrons. The topological polar surface area (TPSA) is 114 Å². The summed E-state index contributed by atoms with van der Waals surface area (Å²) in [6.07, 6.45) is 1.11. The van der Waals surface area contributed by atoms with E-state index in [0.29, 0.717) is 0 Å². The Morgan fingerprint density at radius 2 is 2.14 bits per heavy atom. The highest BCUT2D eigenvalue weighted by Crippen LogP contribution is 2.26. The van der Waals surface area contributed by atoms with Gasteiger partial charge in [0.2, 0.25) is 10.7 Å². The fourth-order valence-corrected chi connectivity index (χ4v) is 2.84. The number of hydrogen-bond donors (Lipinski definition) is 2. The Hall–Kier alpha value is -2.09. The van der Waals surface area contributed by atoms with Gasteiger partial charge < -0.3 is 0 Å². The van der Waals surface area contributed by atoms with Gasteiger partial charge in [-0.2, -0.15) is 8.89 Å². The lowest BCUT2D eigenvalue weighted by molar-refractivity contribution is 0.504. The summed E-state index contributed by atoms with van der Waals surface area (Å²) in [4.78, 5) is 16.3. The van der Waals surface area contributed by atoms with E-state index in [1.165, 1.54) is 7.05 Å². The van der Waals surface area contributed by atoms with Crippen molar-refractivity contribution in [1.29, 1.82) is 0 Å². The van der Waals surface area contributed by atoms with Gasteiger partial charge in [0, 0.05) is 13.3 Å². The van der Waals surface area contributed by atoms with Crippen molar-refractivity contribution in [2.24, 2.45) is 0 Å². The first-order chi connectivity index (χ1) is 9.69. The summed E-state index contributed by atoms with van der Waals surface area (Å²) < 4.78 is 27.3. The average Bonchev–Trinajstić information content (AvgIpc) is 2.77. The van der Waals surface area contributed by atoms with Crippen LogP contribution in [0.4, 0.5) is 0 Å². The van der Waals surface area contributed by atoms with E-state index in [0.717, 1.165) is 15.3 Å². The molecule has 0 fully saturated rings. The molecule has 0 saturated carbocycles. The van der Waals surface area contributed by atoms with Crippen LogP contribution in [0.15, 0.2) is 9.82 Å². The van der Waals surface area contributed by atoms with E-state index in [9.17, 15) is 13.6 Å². The van der Waals surface area contributed by atoms with E-state index in [4.69, 9.17) is 0 Å². The van der Waals surface area contributed by atoms with Gasteiger partial charge >= 0.3 is 5.69 Å². The molecule has 0 amide bonds. The molecule has 2 heterocycles. The van der Waals surface area contributed by atoms with E-state index >= 15 is 0 Å².